The molecular formula is C12H16ClN3. The van der Waals surface area contributed by atoms with Crippen LogP contribution in [0, 0.1) is 0 Å². The standard InChI is InChI=1S/C12H16ClN3/c1-3-16-11(14)15-8-12(16,2)9-6-4-5-7-10(9)13/h4-7H,3,8H2,1-2H3,(H2,14,15). The van der Waals surface area contributed by atoms with Crippen molar-refractivity contribution in [2.45, 2.75) is 19.4 Å². The maximum absolute atomic E-state index is 6.25. The molecule has 0 saturated carbocycles. The lowest BCUT2D eigenvalue weighted by Crippen LogP contribution is -2.47. The van der Waals surface area contributed by atoms with Crippen LogP contribution < -0.4 is 5.73 Å². The molecule has 1 unspecified atom stereocenters. The molecule has 0 radical (unpaired) electrons. The number of rotatable bonds is 2. The fourth-order valence-electron chi connectivity index (χ4n) is 2.30. The van der Waals surface area contributed by atoms with Gasteiger partial charge in [0.15, 0.2) is 5.96 Å². The third kappa shape index (κ3) is 1.55. The van der Waals surface area contributed by atoms with Crippen molar-refractivity contribution in [3.8, 4) is 0 Å². The van der Waals surface area contributed by atoms with Crippen LogP contribution in [0.15, 0.2) is 29.3 Å². The number of benzene rings is 1. The van der Waals surface area contributed by atoms with E-state index in [0.29, 0.717) is 12.5 Å². The van der Waals surface area contributed by atoms with E-state index in [1.165, 1.54) is 0 Å². The highest BCUT2D eigenvalue weighted by Gasteiger charge is 2.39. The van der Waals surface area contributed by atoms with E-state index in [9.17, 15) is 0 Å². The Bertz CT molecular complexity index is 430. The molecule has 0 fully saturated rings. The molecule has 0 bridgehead atoms. The van der Waals surface area contributed by atoms with Crippen LogP contribution in [0.3, 0.4) is 0 Å². The molecular weight excluding hydrogens is 222 g/mol. The molecule has 2 rings (SSSR count). The fraction of sp³-hybridized carbons (Fsp3) is 0.417. The maximum Gasteiger partial charge on any atom is 0.192 e. The molecule has 1 aromatic rings. The number of aliphatic imine (C=N–C) groups is 1. The van der Waals surface area contributed by atoms with Gasteiger partial charge in [0.25, 0.3) is 0 Å². The number of guanidine groups is 1. The molecule has 0 saturated heterocycles. The van der Waals surface area contributed by atoms with Crippen molar-refractivity contribution in [1.29, 1.82) is 0 Å². The summed E-state index contributed by atoms with van der Waals surface area (Å²) >= 11 is 6.25. The van der Waals surface area contributed by atoms with Gasteiger partial charge < -0.3 is 10.6 Å². The largest absolute Gasteiger partial charge is 0.370 e. The quantitative estimate of drug-likeness (QED) is 0.857. The van der Waals surface area contributed by atoms with Crippen molar-refractivity contribution in [3.63, 3.8) is 0 Å². The number of nitrogens with zero attached hydrogens (tertiary/aromatic N) is 2. The topological polar surface area (TPSA) is 41.6 Å². The molecule has 0 aromatic heterocycles. The molecule has 3 nitrogen and oxygen atoms in total. The van der Waals surface area contributed by atoms with Crippen molar-refractivity contribution < 1.29 is 0 Å². The predicted octanol–water partition coefficient (Wildman–Crippen LogP) is 2.21. The van der Waals surface area contributed by atoms with Crippen molar-refractivity contribution >= 4 is 17.6 Å². The Kier molecular flexibility index (Phi) is 2.80. The lowest BCUT2D eigenvalue weighted by molar-refractivity contribution is 0.235. The highest BCUT2D eigenvalue weighted by Crippen LogP contribution is 2.36. The van der Waals surface area contributed by atoms with Crippen LogP contribution in [0.2, 0.25) is 5.02 Å². The predicted molar refractivity (Wildman–Crippen MR) is 67.7 cm³/mol. The summed E-state index contributed by atoms with van der Waals surface area (Å²) < 4.78 is 0. The van der Waals surface area contributed by atoms with Gasteiger partial charge >= 0.3 is 0 Å². The van der Waals surface area contributed by atoms with Crippen LogP contribution in [0.25, 0.3) is 0 Å². The van der Waals surface area contributed by atoms with Gasteiger partial charge in [0.1, 0.15) is 0 Å². The summed E-state index contributed by atoms with van der Waals surface area (Å²) in [6, 6.07) is 7.88. The minimum Gasteiger partial charge on any atom is -0.370 e. The van der Waals surface area contributed by atoms with Crippen molar-refractivity contribution in [1.82, 2.24) is 4.90 Å². The van der Waals surface area contributed by atoms with E-state index < -0.39 is 0 Å². The molecule has 1 heterocycles. The minimum absolute atomic E-state index is 0.211. The lowest BCUT2D eigenvalue weighted by Gasteiger charge is -2.36. The SMILES string of the molecule is CCN1C(N)=NCC1(C)c1ccccc1Cl. The average Bonchev–Trinajstić information content (AvgIpc) is 2.56. The Labute approximate surface area is 101 Å². The highest BCUT2D eigenvalue weighted by molar-refractivity contribution is 6.31. The second-order valence-electron chi connectivity index (χ2n) is 4.17. The molecule has 4 heteroatoms. The first kappa shape index (κ1) is 11.3. The van der Waals surface area contributed by atoms with Crippen LogP contribution in [-0.4, -0.2) is 23.9 Å². The highest BCUT2D eigenvalue weighted by atomic mass is 35.5. The molecule has 0 spiro atoms. The third-order valence-corrected chi connectivity index (χ3v) is 3.52. The van der Waals surface area contributed by atoms with Gasteiger partial charge in [-0.25, -0.2) is 0 Å². The monoisotopic (exact) mass is 237 g/mol. The Morgan fingerprint density at radius 2 is 2.19 bits per heavy atom. The van der Waals surface area contributed by atoms with Gasteiger partial charge in [-0.05, 0) is 25.5 Å². The number of nitrogens with two attached hydrogens (primary N) is 1. The molecule has 1 atom stereocenters. The fourth-order valence-corrected chi connectivity index (χ4v) is 2.64. The minimum atomic E-state index is -0.211. The molecule has 0 amide bonds. The Morgan fingerprint density at radius 1 is 1.50 bits per heavy atom. The van der Waals surface area contributed by atoms with Crippen LogP contribution in [0.1, 0.15) is 19.4 Å². The number of halogens is 1. The molecule has 1 aliphatic rings. The third-order valence-electron chi connectivity index (χ3n) is 3.19. The van der Waals surface area contributed by atoms with Crippen molar-refractivity contribution in [2.24, 2.45) is 10.7 Å². The lowest BCUT2D eigenvalue weighted by atomic mass is 9.91. The van der Waals surface area contributed by atoms with E-state index in [2.05, 4.69) is 23.7 Å². The Morgan fingerprint density at radius 3 is 2.81 bits per heavy atom. The second-order valence-corrected chi connectivity index (χ2v) is 4.58. The number of hydrogen-bond donors (Lipinski definition) is 1. The maximum atomic E-state index is 6.25. The van der Waals surface area contributed by atoms with E-state index >= 15 is 0 Å². The average molecular weight is 238 g/mol. The van der Waals surface area contributed by atoms with E-state index in [1.54, 1.807) is 0 Å². The summed E-state index contributed by atoms with van der Waals surface area (Å²) in [5, 5.41) is 0.772. The van der Waals surface area contributed by atoms with Crippen molar-refractivity contribution in [3.05, 3.63) is 34.9 Å². The van der Waals surface area contributed by atoms with Gasteiger partial charge in [0.2, 0.25) is 0 Å². The van der Waals surface area contributed by atoms with Gasteiger partial charge in [-0.15, -0.1) is 0 Å². The van der Waals surface area contributed by atoms with Crippen LogP contribution in [0.5, 0.6) is 0 Å². The molecule has 2 N–H and O–H groups in total. The smallest absolute Gasteiger partial charge is 0.192 e. The number of hydrogen-bond acceptors (Lipinski definition) is 3. The van der Waals surface area contributed by atoms with Gasteiger partial charge in [-0.1, -0.05) is 29.8 Å². The van der Waals surface area contributed by atoms with E-state index in [4.69, 9.17) is 17.3 Å². The summed E-state index contributed by atoms with van der Waals surface area (Å²) in [4.78, 5) is 6.41. The first-order valence-electron chi connectivity index (χ1n) is 5.42. The van der Waals surface area contributed by atoms with Crippen LogP contribution in [0.4, 0.5) is 0 Å². The zero-order valence-electron chi connectivity index (χ0n) is 9.57. The Balaban J connectivity index is 2.45. The summed E-state index contributed by atoms with van der Waals surface area (Å²) in [6.07, 6.45) is 0. The molecule has 1 aromatic carbocycles. The van der Waals surface area contributed by atoms with Gasteiger partial charge in [0.05, 0.1) is 12.1 Å². The van der Waals surface area contributed by atoms with Gasteiger partial charge in [-0.3, -0.25) is 4.99 Å². The first-order valence-corrected chi connectivity index (χ1v) is 5.80. The van der Waals surface area contributed by atoms with Gasteiger partial charge in [0, 0.05) is 11.6 Å². The van der Waals surface area contributed by atoms with Crippen LogP contribution >= 0.6 is 11.6 Å². The first-order chi connectivity index (χ1) is 7.59. The summed E-state index contributed by atoms with van der Waals surface area (Å²) in [6.45, 7) is 5.69. The zero-order chi connectivity index (χ0) is 11.8. The normalized spacial score (nSPS) is 24.7. The van der Waals surface area contributed by atoms with Crippen LogP contribution in [-0.2, 0) is 5.54 Å². The molecule has 1 aliphatic heterocycles. The van der Waals surface area contributed by atoms with Crippen molar-refractivity contribution in [2.75, 3.05) is 13.1 Å². The zero-order valence-corrected chi connectivity index (χ0v) is 10.3. The van der Waals surface area contributed by atoms with Gasteiger partial charge in [-0.2, -0.15) is 0 Å². The Hall–Kier alpha value is -1.22. The van der Waals surface area contributed by atoms with E-state index in [1.807, 2.05) is 24.3 Å². The van der Waals surface area contributed by atoms with E-state index in [0.717, 1.165) is 17.1 Å². The van der Waals surface area contributed by atoms with E-state index in [-0.39, 0.29) is 5.54 Å². The molecule has 0 aliphatic carbocycles. The number of likely N-dealkylation sites (N-methyl/N-ethyl adjacent to an activating group) is 1. The summed E-state index contributed by atoms with van der Waals surface area (Å²) in [5.41, 5.74) is 6.76. The molecule has 16 heavy (non-hydrogen) atoms. The summed E-state index contributed by atoms with van der Waals surface area (Å²) in [5.74, 6) is 0.602. The molecule has 86 valence electrons. The summed E-state index contributed by atoms with van der Waals surface area (Å²) in [7, 11) is 0. The second kappa shape index (κ2) is 3.98.